The van der Waals surface area contributed by atoms with Gasteiger partial charge in [-0.2, -0.15) is 0 Å². The van der Waals surface area contributed by atoms with Crippen LogP contribution in [-0.4, -0.2) is 53.0 Å². The van der Waals surface area contributed by atoms with Gasteiger partial charge in [0.1, 0.15) is 16.5 Å². The standard InChI is InChI=1S/C30H29N3O3S/c1-35-30(34)24-6-2-21(3-7-24)17-32-19-26-16-25(32)20-33(26)18-22-4-10-27(11-5-22)36-28-12-8-23(9-13-28)29-31-14-15-37-29/h2-15,25-26H,16-20H2,1H3/t25-,26-/m0/s1. The molecule has 6 rings (SSSR count). The molecule has 37 heavy (non-hydrogen) atoms. The summed E-state index contributed by atoms with van der Waals surface area (Å²) in [6.45, 7) is 4.06. The molecule has 2 aliphatic rings. The smallest absolute Gasteiger partial charge is 0.337 e. The number of fused-ring (bicyclic) bond motifs is 2. The molecule has 2 atom stereocenters. The van der Waals surface area contributed by atoms with Crippen molar-refractivity contribution in [3.63, 3.8) is 0 Å². The Kier molecular flexibility index (Phi) is 6.74. The van der Waals surface area contributed by atoms with Crippen LogP contribution in [0.4, 0.5) is 0 Å². The van der Waals surface area contributed by atoms with Crippen LogP contribution in [0.2, 0.25) is 0 Å². The summed E-state index contributed by atoms with van der Waals surface area (Å²) in [6, 6.07) is 25.5. The number of carbonyl (C=O) groups excluding carboxylic acids is 1. The summed E-state index contributed by atoms with van der Waals surface area (Å²) < 4.78 is 10.9. The van der Waals surface area contributed by atoms with Crippen LogP contribution in [0.3, 0.4) is 0 Å². The molecule has 0 unspecified atom stereocenters. The number of hydrogen-bond donors (Lipinski definition) is 0. The maximum Gasteiger partial charge on any atom is 0.337 e. The number of esters is 1. The molecule has 0 N–H and O–H groups in total. The Morgan fingerprint density at radius 2 is 1.43 bits per heavy atom. The number of likely N-dealkylation sites (tertiary alicyclic amines) is 2. The number of rotatable bonds is 8. The van der Waals surface area contributed by atoms with Crippen molar-refractivity contribution in [2.45, 2.75) is 31.6 Å². The van der Waals surface area contributed by atoms with Crippen LogP contribution in [0.1, 0.15) is 27.9 Å². The number of benzene rings is 3. The van der Waals surface area contributed by atoms with Crippen molar-refractivity contribution in [2.75, 3.05) is 20.2 Å². The molecule has 2 bridgehead atoms. The van der Waals surface area contributed by atoms with Gasteiger partial charge in [-0.05, 0) is 66.1 Å². The molecular weight excluding hydrogens is 482 g/mol. The zero-order valence-electron chi connectivity index (χ0n) is 20.7. The fourth-order valence-electron chi connectivity index (χ4n) is 5.38. The van der Waals surface area contributed by atoms with E-state index >= 15 is 0 Å². The Balaban J connectivity index is 1.00. The fraction of sp³-hybridized carbons (Fsp3) is 0.267. The van der Waals surface area contributed by atoms with E-state index in [1.165, 1.54) is 24.7 Å². The lowest BCUT2D eigenvalue weighted by atomic mass is 10.1. The minimum atomic E-state index is -0.289. The Morgan fingerprint density at radius 1 is 0.865 bits per heavy atom. The molecule has 2 aliphatic heterocycles. The Labute approximate surface area is 221 Å². The molecule has 2 fully saturated rings. The lowest BCUT2D eigenvalue weighted by Gasteiger charge is -2.34. The molecule has 3 aromatic carbocycles. The molecule has 6 nitrogen and oxygen atoms in total. The number of thiazole rings is 1. The van der Waals surface area contributed by atoms with Gasteiger partial charge in [-0.15, -0.1) is 11.3 Å². The molecule has 4 aromatic rings. The van der Waals surface area contributed by atoms with Gasteiger partial charge < -0.3 is 9.47 Å². The van der Waals surface area contributed by atoms with Gasteiger partial charge in [0.05, 0.1) is 12.7 Å². The molecule has 0 saturated carbocycles. The summed E-state index contributed by atoms with van der Waals surface area (Å²) in [5.41, 5.74) is 4.25. The largest absolute Gasteiger partial charge is 0.465 e. The third kappa shape index (κ3) is 5.30. The van der Waals surface area contributed by atoms with Crippen LogP contribution < -0.4 is 4.74 Å². The third-order valence-corrected chi connectivity index (χ3v) is 8.13. The molecule has 0 spiro atoms. The summed E-state index contributed by atoms with van der Waals surface area (Å²) in [5.74, 6) is 1.38. The first-order valence-corrected chi connectivity index (χ1v) is 13.4. The molecule has 188 valence electrons. The SMILES string of the molecule is COC(=O)c1ccc(CN2C[C@@H]3C[C@H]2CN3Cc2ccc(Oc3ccc(-c4nccs4)cc3)cc2)cc1. The highest BCUT2D eigenvalue weighted by Gasteiger charge is 2.42. The van der Waals surface area contributed by atoms with Crippen LogP contribution >= 0.6 is 11.3 Å². The topological polar surface area (TPSA) is 54.9 Å². The second-order valence-electron chi connectivity index (χ2n) is 9.70. The maximum absolute atomic E-state index is 11.7. The van der Waals surface area contributed by atoms with Crippen LogP contribution in [0, 0.1) is 0 Å². The number of aromatic nitrogens is 1. The van der Waals surface area contributed by atoms with Crippen molar-refractivity contribution >= 4 is 17.3 Å². The van der Waals surface area contributed by atoms with Crippen molar-refractivity contribution in [3.05, 3.63) is 101 Å². The summed E-state index contributed by atoms with van der Waals surface area (Å²) in [7, 11) is 1.41. The predicted octanol–water partition coefficient (Wildman–Crippen LogP) is 5.85. The van der Waals surface area contributed by atoms with E-state index in [2.05, 4.69) is 39.0 Å². The molecular formula is C30H29N3O3S. The maximum atomic E-state index is 11.7. The average Bonchev–Trinajstić information content (AvgIpc) is 3.69. The number of piperazine rings is 1. The van der Waals surface area contributed by atoms with Crippen molar-refractivity contribution in [2.24, 2.45) is 0 Å². The number of methoxy groups -OCH3 is 1. The number of ether oxygens (including phenoxy) is 2. The Morgan fingerprint density at radius 3 is 1.95 bits per heavy atom. The van der Waals surface area contributed by atoms with Crippen LogP contribution in [0.5, 0.6) is 11.5 Å². The first-order valence-electron chi connectivity index (χ1n) is 12.6. The van der Waals surface area contributed by atoms with Gasteiger partial charge in [0.15, 0.2) is 0 Å². The molecule has 1 aromatic heterocycles. The minimum Gasteiger partial charge on any atom is -0.465 e. The summed E-state index contributed by atoms with van der Waals surface area (Å²) in [6.07, 6.45) is 3.04. The molecule has 0 amide bonds. The highest BCUT2D eigenvalue weighted by atomic mass is 32.1. The summed E-state index contributed by atoms with van der Waals surface area (Å²) in [4.78, 5) is 21.2. The normalized spacial score (nSPS) is 19.3. The third-order valence-electron chi connectivity index (χ3n) is 7.31. The van der Waals surface area contributed by atoms with Gasteiger partial charge in [0.25, 0.3) is 0 Å². The summed E-state index contributed by atoms with van der Waals surface area (Å²) in [5, 5.41) is 3.00. The molecule has 2 saturated heterocycles. The van der Waals surface area contributed by atoms with Crippen molar-refractivity contribution < 1.29 is 14.3 Å². The molecule has 0 aliphatic carbocycles. The van der Waals surface area contributed by atoms with Gasteiger partial charge in [-0.1, -0.05) is 24.3 Å². The molecule has 0 radical (unpaired) electrons. The average molecular weight is 512 g/mol. The minimum absolute atomic E-state index is 0.289. The van der Waals surface area contributed by atoms with E-state index in [-0.39, 0.29) is 5.97 Å². The van der Waals surface area contributed by atoms with E-state index in [0.717, 1.165) is 48.2 Å². The van der Waals surface area contributed by atoms with Crippen molar-refractivity contribution in [3.8, 4) is 22.1 Å². The lowest BCUT2D eigenvalue weighted by Crippen LogP contribution is -2.45. The second-order valence-corrected chi connectivity index (χ2v) is 10.6. The quantitative estimate of drug-likeness (QED) is 0.277. The predicted molar refractivity (Wildman–Crippen MR) is 145 cm³/mol. The van der Waals surface area contributed by atoms with Crippen LogP contribution in [0.15, 0.2) is 84.4 Å². The highest BCUT2D eigenvalue weighted by Crippen LogP contribution is 2.33. The molecule has 3 heterocycles. The van der Waals surface area contributed by atoms with Gasteiger partial charge in [-0.3, -0.25) is 9.80 Å². The summed E-state index contributed by atoms with van der Waals surface area (Å²) >= 11 is 1.63. The van der Waals surface area contributed by atoms with E-state index < -0.39 is 0 Å². The lowest BCUT2D eigenvalue weighted by molar-refractivity contribution is 0.0600. The van der Waals surface area contributed by atoms with E-state index in [1.54, 1.807) is 11.3 Å². The Hall–Kier alpha value is -3.52. The number of nitrogens with zero attached hydrogens (tertiary/aromatic N) is 3. The van der Waals surface area contributed by atoms with Gasteiger partial charge >= 0.3 is 5.97 Å². The van der Waals surface area contributed by atoms with Crippen molar-refractivity contribution in [1.29, 1.82) is 0 Å². The first-order chi connectivity index (χ1) is 18.1. The van der Waals surface area contributed by atoms with E-state index in [9.17, 15) is 4.79 Å². The first kappa shape index (κ1) is 23.9. The van der Waals surface area contributed by atoms with E-state index in [0.29, 0.717) is 17.6 Å². The van der Waals surface area contributed by atoms with E-state index in [4.69, 9.17) is 9.47 Å². The zero-order valence-corrected chi connectivity index (χ0v) is 21.6. The number of hydrogen-bond acceptors (Lipinski definition) is 7. The van der Waals surface area contributed by atoms with Crippen molar-refractivity contribution in [1.82, 2.24) is 14.8 Å². The number of carbonyl (C=O) groups is 1. The van der Waals surface area contributed by atoms with E-state index in [1.807, 2.05) is 60.1 Å². The Bertz CT molecular complexity index is 1340. The highest BCUT2D eigenvalue weighted by molar-refractivity contribution is 7.13. The van der Waals surface area contributed by atoms with Crippen LogP contribution in [-0.2, 0) is 17.8 Å². The van der Waals surface area contributed by atoms with Gasteiger partial charge in [-0.25, -0.2) is 9.78 Å². The second kappa shape index (κ2) is 10.5. The fourth-order valence-corrected chi connectivity index (χ4v) is 6.03. The molecule has 7 heteroatoms. The zero-order chi connectivity index (χ0) is 25.2. The van der Waals surface area contributed by atoms with Gasteiger partial charge in [0.2, 0.25) is 0 Å². The monoisotopic (exact) mass is 511 g/mol. The van der Waals surface area contributed by atoms with Crippen LogP contribution in [0.25, 0.3) is 10.6 Å². The van der Waals surface area contributed by atoms with Gasteiger partial charge in [0, 0.05) is 55.4 Å².